The third-order valence-electron chi connectivity index (χ3n) is 10.8. The van der Waals surface area contributed by atoms with Crippen molar-refractivity contribution in [3.63, 3.8) is 0 Å². The van der Waals surface area contributed by atoms with Gasteiger partial charge in [-0.2, -0.15) is 0 Å². The van der Waals surface area contributed by atoms with Crippen LogP contribution in [0.1, 0.15) is 81.9 Å². The molecule has 22 heteroatoms. The SMILES string of the molecule is COc1cc(C)c(OC)c(CO)c1.COc1cc(CO)cc(CO)c1.CSc1ccc(C=O)cc1.Cc1cc(CO)c(O)c(CO)c1.O=Cc1cc(O)c(O)c(O)c1.O=[N+]([O-])c1cc(CO)cc(CO)c1.OCc1cccc(CO)c1. The molecule has 0 aliphatic heterocycles. The van der Waals surface area contributed by atoms with Gasteiger partial charge in [0.15, 0.2) is 17.2 Å². The second kappa shape index (κ2) is 39.3. The molecular formula is C59H71NO20S. The number of carbonyl (C=O) groups is 2. The summed E-state index contributed by atoms with van der Waals surface area (Å²) in [6, 6.07) is 33.2. The van der Waals surface area contributed by atoms with Crippen LogP contribution in [0.15, 0.2) is 126 Å². The summed E-state index contributed by atoms with van der Waals surface area (Å²) in [4.78, 5) is 31.3. The molecule has 438 valence electrons. The van der Waals surface area contributed by atoms with Crippen LogP contribution in [0.5, 0.6) is 40.2 Å². The van der Waals surface area contributed by atoms with Gasteiger partial charge in [-0.25, -0.2) is 0 Å². The lowest BCUT2D eigenvalue weighted by molar-refractivity contribution is -0.385. The standard InChI is InChI=1S/C10H14O3.2C9H12O3.C8H9NO4.C8H10O2.C8H8OS.C7H6O4/c1-7-4-9(12-2)5-8(6-11)10(7)13-3;1-12-9-3-7(5-10)2-8(4-9)6-11;1-6-2-7(4-10)9(12)8(3-6)5-11;10-4-6-1-7(5-11)3-8(2-6)9(12)13;9-5-7-2-1-3-8(4-7)6-10;1-10-8-4-2-7(6-9)3-5-8;8-3-4-1-5(9)7(11)6(10)2-4/h4-5,11H,6H2,1-3H3;2-4,10-11H,5-6H2,1H3;2-3,10-12H,4-5H2,1H3;1-3,10-11H,4-5H2;1-4,9-10H,5-6H2;2-6H,1H3;1-3,9-11H. The molecule has 13 N–H and O–H groups in total. The van der Waals surface area contributed by atoms with Crippen LogP contribution in [0.4, 0.5) is 5.69 Å². The Kier molecular flexibility index (Phi) is 34.4. The molecule has 7 aromatic rings. The van der Waals surface area contributed by atoms with Crippen molar-refractivity contribution in [1.29, 1.82) is 0 Å². The van der Waals surface area contributed by atoms with E-state index < -0.39 is 22.2 Å². The fourth-order valence-corrected chi connectivity index (χ4v) is 7.18. The molecule has 0 amide bonds. The number of methoxy groups -OCH3 is 3. The van der Waals surface area contributed by atoms with Crippen molar-refractivity contribution in [2.45, 2.75) is 78.2 Å². The molecule has 0 radical (unpaired) electrons. The summed E-state index contributed by atoms with van der Waals surface area (Å²) < 4.78 is 15.2. The monoisotopic (exact) mass is 1150 g/mol. The van der Waals surface area contributed by atoms with Crippen LogP contribution in [0.2, 0.25) is 0 Å². The minimum absolute atomic E-state index is 0.00870. The number of phenols is 4. The van der Waals surface area contributed by atoms with Gasteiger partial charge in [-0.3, -0.25) is 19.7 Å². The summed E-state index contributed by atoms with van der Waals surface area (Å²) in [6.07, 6.45) is 3.32. The number of carbonyl (C=O) groups excluding carboxylic acids is 2. The maximum atomic E-state index is 10.4. The van der Waals surface area contributed by atoms with Crippen LogP contribution in [0.3, 0.4) is 0 Å². The number of thioether (sulfide) groups is 1. The average molecular weight is 1150 g/mol. The zero-order valence-electron chi connectivity index (χ0n) is 45.6. The van der Waals surface area contributed by atoms with Crippen molar-refractivity contribution < 1.29 is 95.1 Å². The summed E-state index contributed by atoms with van der Waals surface area (Å²) in [5, 5.41) is 126. The molecule has 7 aromatic carbocycles. The molecular weight excluding hydrogens is 1070 g/mol. The molecule has 0 fully saturated rings. The number of hydrogen-bond donors (Lipinski definition) is 13. The Bertz CT molecular complexity index is 2860. The van der Waals surface area contributed by atoms with E-state index in [0.29, 0.717) is 34.3 Å². The number of nitro groups is 1. The molecule has 0 unspecified atom stereocenters. The Morgan fingerprint density at radius 2 is 0.877 bits per heavy atom. The number of hydrogen-bond acceptors (Lipinski definition) is 21. The fourth-order valence-electron chi connectivity index (χ4n) is 6.78. The number of non-ortho nitro benzene ring substituents is 1. The van der Waals surface area contributed by atoms with Crippen LogP contribution < -0.4 is 14.2 Å². The highest BCUT2D eigenvalue weighted by Crippen LogP contribution is 2.35. The first-order valence-corrected chi connectivity index (χ1v) is 25.3. The van der Waals surface area contributed by atoms with Gasteiger partial charge in [0, 0.05) is 44.8 Å². The van der Waals surface area contributed by atoms with Gasteiger partial charge in [0.05, 0.1) is 85.7 Å². The van der Waals surface area contributed by atoms with Gasteiger partial charge >= 0.3 is 0 Å². The van der Waals surface area contributed by atoms with Gasteiger partial charge in [0.25, 0.3) is 5.69 Å². The van der Waals surface area contributed by atoms with Crippen molar-refractivity contribution in [2.75, 3.05) is 27.6 Å². The Morgan fingerprint density at radius 1 is 0.469 bits per heavy atom. The van der Waals surface area contributed by atoms with E-state index in [1.54, 1.807) is 75.6 Å². The van der Waals surface area contributed by atoms with E-state index in [9.17, 15) is 24.8 Å². The Labute approximate surface area is 473 Å². The maximum absolute atomic E-state index is 10.4. The zero-order chi connectivity index (χ0) is 61.0. The molecule has 0 heterocycles. The summed E-state index contributed by atoms with van der Waals surface area (Å²) >= 11 is 1.67. The third-order valence-corrected chi connectivity index (χ3v) is 11.5. The molecule has 0 bridgehead atoms. The van der Waals surface area contributed by atoms with E-state index in [1.807, 2.05) is 68.6 Å². The van der Waals surface area contributed by atoms with Crippen LogP contribution in [-0.2, 0) is 59.5 Å². The third kappa shape index (κ3) is 25.3. The molecule has 0 aromatic heterocycles. The number of aryl methyl sites for hydroxylation is 2. The van der Waals surface area contributed by atoms with E-state index in [0.717, 1.165) is 74.4 Å². The number of aldehydes is 2. The fraction of sp³-hybridized carbons (Fsp3) is 0.254. The highest BCUT2D eigenvalue weighted by atomic mass is 32.2. The van der Waals surface area contributed by atoms with Gasteiger partial charge in [0.2, 0.25) is 0 Å². The van der Waals surface area contributed by atoms with Crippen molar-refractivity contribution in [3.8, 4) is 40.2 Å². The van der Waals surface area contributed by atoms with Crippen LogP contribution >= 0.6 is 11.8 Å². The van der Waals surface area contributed by atoms with E-state index in [4.69, 9.17) is 75.5 Å². The molecule has 0 spiro atoms. The topological polar surface area (TPSA) is 368 Å². The largest absolute Gasteiger partial charge is 0.507 e. The molecule has 21 nitrogen and oxygen atoms in total. The minimum Gasteiger partial charge on any atom is -0.507 e. The Morgan fingerprint density at radius 3 is 1.23 bits per heavy atom. The van der Waals surface area contributed by atoms with E-state index in [1.165, 1.54) is 23.1 Å². The Balaban J connectivity index is 0.000000473. The lowest BCUT2D eigenvalue weighted by atomic mass is 10.1. The van der Waals surface area contributed by atoms with Crippen LogP contribution in [-0.4, -0.2) is 111 Å². The van der Waals surface area contributed by atoms with E-state index in [2.05, 4.69) is 0 Å². The number of ether oxygens (including phenoxy) is 3. The first kappa shape index (κ1) is 70.9. The molecule has 0 atom stereocenters. The number of aliphatic hydroxyl groups is 9. The predicted octanol–water partition coefficient (Wildman–Crippen LogP) is 6.96. The number of aliphatic hydroxyl groups excluding tert-OH is 9. The molecule has 0 saturated carbocycles. The first-order chi connectivity index (χ1) is 38.7. The first-order valence-electron chi connectivity index (χ1n) is 24.1. The number of phenolic OH excluding ortho intramolecular Hbond substituents is 3. The number of rotatable bonds is 16. The summed E-state index contributed by atoms with van der Waals surface area (Å²) in [6.45, 7) is 2.76. The molecule has 0 saturated heterocycles. The van der Waals surface area contributed by atoms with Gasteiger partial charge in [-0.1, -0.05) is 66.2 Å². The number of benzene rings is 7. The molecule has 7 rings (SSSR count). The average Bonchev–Trinajstić information content (AvgIpc) is 3.51. The number of aromatic hydroxyl groups is 4. The van der Waals surface area contributed by atoms with E-state index >= 15 is 0 Å². The summed E-state index contributed by atoms with van der Waals surface area (Å²) in [7, 11) is 4.74. The molecule has 0 aliphatic carbocycles. The van der Waals surface area contributed by atoms with Crippen LogP contribution in [0.25, 0.3) is 0 Å². The lowest BCUT2D eigenvalue weighted by Gasteiger charge is -2.11. The van der Waals surface area contributed by atoms with E-state index in [-0.39, 0.29) is 76.5 Å². The van der Waals surface area contributed by atoms with Gasteiger partial charge in [0.1, 0.15) is 35.6 Å². The Hall–Kier alpha value is -8.13. The molecule has 81 heavy (non-hydrogen) atoms. The quantitative estimate of drug-likeness (QED) is 0.0153. The van der Waals surface area contributed by atoms with Crippen molar-refractivity contribution >= 4 is 30.0 Å². The van der Waals surface area contributed by atoms with Gasteiger partial charge in [-0.05, 0) is 108 Å². The van der Waals surface area contributed by atoms with Crippen LogP contribution in [0, 0.1) is 24.0 Å². The molecule has 0 aliphatic rings. The number of nitro benzene ring substituents is 1. The van der Waals surface area contributed by atoms with Crippen molar-refractivity contribution in [3.05, 3.63) is 204 Å². The second-order valence-electron chi connectivity index (χ2n) is 16.7. The smallest absolute Gasteiger partial charge is 0.270 e. The summed E-state index contributed by atoms with van der Waals surface area (Å²) in [5.74, 6) is 0.483. The second-order valence-corrected chi connectivity index (χ2v) is 17.6. The minimum atomic E-state index is -0.615. The highest BCUT2D eigenvalue weighted by Gasteiger charge is 2.11. The van der Waals surface area contributed by atoms with Gasteiger partial charge < -0.3 is 80.6 Å². The van der Waals surface area contributed by atoms with Crippen molar-refractivity contribution in [1.82, 2.24) is 0 Å². The highest BCUT2D eigenvalue weighted by molar-refractivity contribution is 7.98. The normalized spacial score (nSPS) is 9.81. The predicted molar refractivity (Wildman–Crippen MR) is 303 cm³/mol. The van der Waals surface area contributed by atoms with Gasteiger partial charge in [-0.15, -0.1) is 11.8 Å². The number of nitrogens with zero attached hydrogens (tertiary/aromatic N) is 1. The lowest BCUT2D eigenvalue weighted by Crippen LogP contribution is -1.96. The maximum Gasteiger partial charge on any atom is 0.270 e. The summed E-state index contributed by atoms with van der Waals surface area (Å²) in [5.41, 5.74) is 8.31. The van der Waals surface area contributed by atoms with Crippen molar-refractivity contribution in [2.24, 2.45) is 0 Å². The zero-order valence-corrected chi connectivity index (χ0v) is 46.4.